The number of nitrogens with zero attached hydrogens (tertiary/aromatic N) is 4. The summed E-state index contributed by atoms with van der Waals surface area (Å²) < 4.78 is 1.79. The van der Waals surface area contributed by atoms with Crippen molar-refractivity contribution in [1.29, 1.82) is 0 Å². The van der Waals surface area contributed by atoms with Gasteiger partial charge in [0.2, 0.25) is 0 Å². The van der Waals surface area contributed by atoms with Crippen LogP contribution in [-0.2, 0) is 13.1 Å². The van der Waals surface area contributed by atoms with Crippen LogP contribution in [0.15, 0.2) is 6.20 Å². The summed E-state index contributed by atoms with van der Waals surface area (Å²) in [6, 6.07) is 0.583. The Balaban J connectivity index is 1.65. The lowest BCUT2D eigenvalue weighted by molar-refractivity contribution is 0.170. The summed E-state index contributed by atoms with van der Waals surface area (Å²) in [5, 5.41) is 20.4. The third-order valence-electron chi connectivity index (χ3n) is 3.89. The topological polar surface area (TPSA) is 66.2 Å². The summed E-state index contributed by atoms with van der Waals surface area (Å²) in [7, 11) is 0. The first-order valence-corrected chi connectivity index (χ1v) is 7.74. The van der Waals surface area contributed by atoms with Crippen molar-refractivity contribution in [3.05, 3.63) is 11.9 Å². The van der Waals surface area contributed by atoms with Gasteiger partial charge >= 0.3 is 0 Å². The molecular weight excluding hydrogens is 254 g/mol. The van der Waals surface area contributed by atoms with Crippen LogP contribution in [0.4, 0.5) is 0 Å². The fourth-order valence-electron chi connectivity index (χ4n) is 2.66. The largest absolute Gasteiger partial charge is 0.396 e. The summed E-state index contributed by atoms with van der Waals surface area (Å²) in [5.74, 6) is 0. The molecule has 0 aliphatic carbocycles. The molecule has 20 heavy (non-hydrogen) atoms. The lowest BCUT2D eigenvalue weighted by atomic mass is 10.1. The average molecular weight is 281 g/mol. The van der Waals surface area contributed by atoms with Gasteiger partial charge in [0.15, 0.2) is 0 Å². The van der Waals surface area contributed by atoms with E-state index >= 15 is 0 Å². The van der Waals surface area contributed by atoms with Crippen LogP contribution in [0.1, 0.15) is 38.3 Å². The quantitative estimate of drug-likeness (QED) is 0.731. The molecule has 0 bridgehead atoms. The van der Waals surface area contributed by atoms with Crippen LogP contribution in [0.5, 0.6) is 0 Å². The van der Waals surface area contributed by atoms with Gasteiger partial charge in [0.1, 0.15) is 0 Å². The van der Waals surface area contributed by atoms with E-state index in [9.17, 15) is 0 Å². The van der Waals surface area contributed by atoms with E-state index in [1.165, 1.54) is 32.4 Å². The molecule has 0 amide bonds. The molecule has 0 spiro atoms. The summed E-state index contributed by atoms with van der Waals surface area (Å²) in [5.41, 5.74) is 0.966. The average Bonchev–Trinajstić information content (AvgIpc) is 2.94. The van der Waals surface area contributed by atoms with E-state index in [1.807, 2.05) is 6.20 Å². The first-order valence-electron chi connectivity index (χ1n) is 7.74. The Morgan fingerprint density at radius 3 is 2.90 bits per heavy atom. The number of aliphatic hydroxyl groups is 1. The minimum Gasteiger partial charge on any atom is -0.396 e. The van der Waals surface area contributed by atoms with Gasteiger partial charge in [0, 0.05) is 38.5 Å². The van der Waals surface area contributed by atoms with E-state index in [2.05, 4.69) is 27.5 Å². The number of hydrogen-bond donors (Lipinski definition) is 2. The van der Waals surface area contributed by atoms with Crippen molar-refractivity contribution in [3.63, 3.8) is 0 Å². The van der Waals surface area contributed by atoms with Crippen molar-refractivity contribution in [2.75, 3.05) is 26.2 Å². The molecule has 1 atom stereocenters. The van der Waals surface area contributed by atoms with Crippen molar-refractivity contribution < 1.29 is 5.11 Å². The summed E-state index contributed by atoms with van der Waals surface area (Å²) >= 11 is 0. The Morgan fingerprint density at radius 2 is 2.15 bits per heavy atom. The summed E-state index contributed by atoms with van der Waals surface area (Å²) in [6.07, 6.45) is 6.73. The van der Waals surface area contributed by atoms with Gasteiger partial charge in [-0.05, 0) is 39.3 Å². The van der Waals surface area contributed by atoms with Crippen LogP contribution in [0.2, 0.25) is 0 Å². The normalized spacial score (nSPS) is 18.3. The number of piperidine rings is 1. The van der Waals surface area contributed by atoms with E-state index in [4.69, 9.17) is 5.11 Å². The summed E-state index contributed by atoms with van der Waals surface area (Å²) in [4.78, 5) is 2.56. The van der Waals surface area contributed by atoms with Crippen LogP contribution in [-0.4, -0.2) is 57.3 Å². The van der Waals surface area contributed by atoms with Gasteiger partial charge in [-0.2, -0.15) is 0 Å². The van der Waals surface area contributed by atoms with Crippen molar-refractivity contribution >= 4 is 0 Å². The number of aliphatic hydroxyl groups excluding tert-OH is 1. The van der Waals surface area contributed by atoms with E-state index < -0.39 is 0 Å². The number of aryl methyl sites for hydroxylation is 1. The van der Waals surface area contributed by atoms with Gasteiger partial charge in [-0.3, -0.25) is 9.58 Å². The number of aromatic nitrogens is 3. The van der Waals surface area contributed by atoms with E-state index in [1.54, 1.807) is 4.68 Å². The first kappa shape index (κ1) is 15.4. The van der Waals surface area contributed by atoms with Gasteiger partial charge in [-0.15, -0.1) is 5.10 Å². The molecule has 1 aliphatic heterocycles. The van der Waals surface area contributed by atoms with Gasteiger partial charge in [-0.1, -0.05) is 11.6 Å². The van der Waals surface area contributed by atoms with Gasteiger partial charge in [0.05, 0.1) is 5.69 Å². The maximum atomic E-state index is 8.78. The Labute approximate surface area is 121 Å². The van der Waals surface area contributed by atoms with Gasteiger partial charge in [-0.25, -0.2) is 0 Å². The standard InChI is InChI=1S/C14H27N5O/c1-13(18-6-3-2-4-7-18)10-15-11-14-12-19(17-16-14)8-5-9-20/h12-13,15,20H,2-11H2,1H3. The minimum absolute atomic E-state index is 0.195. The molecule has 114 valence electrons. The van der Waals surface area contributed by atoms with Crippen molar-refractivity contribution in [1.82, 2.24) is 25.2 Å². The second kappa shape index (κ2) is 8.34. The lowest BCUT2D eigenvalue weighted by Crippen LogP contribution is -2.42. The van der Waals surface area contributed by atoms with E-state index in [0.29, 0.717) is 6.04 Å². The highest BCUT2D eigenvalue weighted by Gasteiger charge is 2.16. The van der Waals surface area contributed by atoms with Crippen LogP contribution in [0, 0.1) is 0 Å². The fourth-order valence-corrected chi connectivity index (χ4v) is 2.66. The second-order valence-corrected chi connectivity index (χ2v) is 5.63. The molecule has 1 saturated heterocycles. The van der Waals surface area contributed by atoms with Gasteiger partial charge < -0.3 is 10.4 Å². The Morgan fingerprint density at radius 1 is 1.35 bits per heavy atom. The minimum atomic E-state index is 0.195. The third-order valence-corrected chi connectivity index (χ3v) is 3.89. The first-order chi connectivity index (χ1) is 9.79. The molecule has 0 radical (unpaired) electrons. The maximum absolute atomic E-state index is 8.78. The monoisotopic (exact) mass is 281 g/mol. The smallest absolute Gasteiger partial charge is 0.0964 e. The molecule has 6 heteroatoms. The molecule has 6 nitrogen and oxygen atoms in total. The Hall–Kier alpha value is -0.980. The Kier molecular flexibility index (Phi) is 6.42. The number of likely N-dealkylation sites (tertiary alicyclic amines) is 1. The molecule has 1 fully saturated rings. The third kappa shape index (κ3) is 4.85. The zero-order valence-electron chi connectivity index (χ0n) is 12.5. The van der Waals surface area contributed by atoms with Gasteiger partial charge in [0.25, 0.3) is 0 Å². The zero-order valence-corrected chi connectivity index (χ0v) is 12.5. The fraction of sp³-hybridized carbons (Fsp3) is 0.857. The predicted molar refractivity (Wildman–Crippen MR) is 78.3 cm³/mol. The highest BCUT2D eigenvalue weighted by Crippen LogP contribution is 2.11. The molecular formula is C14H27N5O. The van der Waals surface area contributed by atoms with Crippen LogP contribution in [0.25, 0.3) is 0 Å². The predicted octanol–water partition coefficient (Wildman–Crippen LogP) is 0.625. The highest BCUT2D eigenvalue weighted by atomic mass is 16.3. The Bertz CT molecular complexity index is 375. The molecule has 2 rings (SSSR count). The van der Waals surface area contributed by atoms with Crippen LogP contribution >= 0.6 is 0 Å². The van der Waals surface area contributed by atoms with Crippen molar-refractivity contribution in [2.24, 2.45) is 0 Å². The van der Waals surface area contributed by atoms with E-state index in [0.717, 1.165) is 31.7 Å². The molecule has 1 aromatic rings. The molecule has 1 unspecified atom stereocenters. The molecule has 0 saturated carbocycles. The van der Waals surface area contributed by atoms with Crippen molar-refractivity contribution in [3.8, 4) is 0 Å². The highest BCUT2D eigenvalue weighted by molar-refractivity contribution is 4.91. The van der Waals surface area contributed by atoms with Crippen molar-refractivity contribution in [2.45, 2.75) is 51.7 Å². The maximum Gasteiger partial charge on any atom is 0.0964 e. The second-order valence-electron chi connectivity index (χ2n) is 5.63. The molecule has 2 heterocycles. The van der Waals surface area contributed by atoms with Crippen LogP contribution < -0.4 is 5.32 Å². The summed E-state index contributed by atoms with van der Waals surface area (Å²) in [6.45, 7) is 7.44. The zero-order chi connectivity index (χ0) is 14.2. The molecule has 1 aliphatic rings. The lowest BCUT2D eigenvalue weighted by Gasteiger charge is -2.32. The van der Waals surface area contributed by atoms with Crippen LogP contribution in [0.3, 0.4) is 0 Å². The number of hydrogen-bond acceptors (Lipinski definition) is 5. The number of rotatable bonds is 8. The number of nitrogens with one attached hydrogen (secondary N) is 1. The van der Waals surface area contributed by atoms with E-state index in [-0.39, 0.29) is 6.61 Å². The SMILES string of the molecule is CC(CNCc1cn(CCCO)nn1)N1CCCCC1. The molecule has 1 aromatic heterocycles. The molecule has 0 aromatic carbocycles. The molecule has 2 N–H and O–H groups in total.